The van der Waals surface area contributed by atoms with E-state index in [0.29, 0.717) is 24.5 Å². The molecule has 1 amide bonds. The molecule has 0 radical (unpaired) electrons. The molecule has 1 atom stereocenters. The highest BCUT2D eigenvalue weighted by molar-refractivity contribution is 7.15. The van der Waals surface area contributed by atoms with Gasteiger partial charge in [0.15, 0.2) is 10.8 Å². The number of carbonyl (C=O) groups is 1. The Labute approximate surface area is 162 Å². The van der Waals surface area contributed by atoms with Crippen LogP contribution in [0.3, 0.4) is 0 Å². The van der Waals surface area contributed by atoms with Gasteiger partial charge in [-0.3, -0.25) is 4.79 Å². The van der Waals surface area contributed by atoms with E-state index in [4.69, 9.17) is 4.42 Å². The van der Waals surface area contributed by atoms with Gasteiger partial charge in [0.2, 0.25) is 0 Å². The number of aliphatic hydroxyl groups is 1. The maximum atomic E-state index is 12.9. The Bertz CT molecular complexity index is 897. The summed E-state index contributed by atoms with van der Waals surface area (Å²) < 4.78 is 5.39. The van der Waals surface area contributed by atoms with Crippen LogP contribution in [0.2, 0.25) is 0 Å². The zero-order chi connectivity index (χ0) is 18.8. The summed E-state index contributed by atoms with van der Waals surface area (Å²) in [6, 6.07) is 13.4. The zero-order valence-corrected chi connectivity index (χ0v) is 16.0. The fourth-order valence-electron chi connectivity index (χ4n) is 3.59. The first kappa shape index (κ1) is 17.9. The molecule has 1 saturated heterocycles. The summed E-state index contributed by atoms with van der Waals surface area (Å²) in [5.74, 6) is 0.827. The average Bonchev–Trinajstić information content (AvgIpc) is 3.37. The molecule has 1 fully saturated rings. The quantitative estimate of drug-likeness (QED) is 0.731. The molecule has 6 heteroatoms. The lowest BCUT2D eigenvalue weighted by Gasteiger charge is -2.34. The summed E-state index contributed by atoms with van der Waals surface area (Å²) in [5, 5.41) is 11.3. The summed E-state index contributed by atoms with van der Waals surface area (Å²) in [7, 11) is 0. The van der Waals surface area contributed by atoms with Gasteiger partial charge in [-0.05, 0) is 43.4 Å². The number of aromatic nitrogens is 1. The molecule has 1 unspecified atom stereocenters. The largest absolute Gasteiger partial charge is 0.462 e. The summed E-state index contributed by atoms with van der Waals surface area (Å²) in [6.07, 6.45) is 2.71. The van der Waals surface area contributed by atoms with Crippen LogP contribution in [-0.2, 0) is 0 Å². The molecule has 0 bridgehead atoms. The van der Waals surface area contributed by atoms with Crippen molar-refractivity contribution in [3.8, 4) is 10.8 Å². The van der Waals surface area contributed by atoms with Gasteiger partial charge in [-0.15, -0.1) is 11.3 Å². The van der Waals surface area contributed by atoms with Crippen molar-refractivity contribution in [2.45, 2.75) is 25.9 Å². The third kappa shape index (κ3) is 3.68. The van der Waals surface area contributed by atoms with Crippen LogP contribution in [0.25, 0.3) is 10.8 Å². The van der Waals surface area contributed by atoms with Crippen molar-refractivity contribution in [1.82, 2.24) is 9.88 Å². The molecule has 140 valence electrons. The topological polar surface area (TPSA) is 66.6 Å². The molecule has 27 heavy (non-hydrogen) atoms. The first-order chi connectivity index (χ1) is 13.1. The Kier molecular flexibility index (Phi) is 5.09. The van der Waals surface area contributed by atoms with Crippen molar-refractivity contribution in [1.29, 1.82) is 0 Å². The molecule has 1 N–H and O–H groups in total. The van der Waals surface area contributed by atoms with Gasteiger partial charge in [0.1, 0.15) is 5.69 Å². The SMILES string of the molecule is Cc1sc(-c2ccco2)nc1C(=O)N1CCC(C(O)c2ccccc2)CC1. The van der Waals surface area contributed by atoms with Crippen molar-refractivity contribution in [3.63, 3.8) is 0 Å². The van der Waals surface area contributed by atoms with Crippen LogP contribution < -0.4 is 0 Å². The number of aryl methyl sites for hydroxylation is 1. The predicted octanol–water partition coefficient (Wildman–Crippen LogP) is 4.30. The van der Waals surface area contributed by atoms with E-state index in [1.54, 1.807) is 6.26 Å². The number of amides is 1. The molecule has 3 heterocycles. The first-order valence-electron chi connectivity index (χ1n) is 9.17. The van der Waals surface area contributed by atoms with E-state index in [0.717, 1.165) is 28.3 Å². The van der Waals surface area contributed by atoms with Crippen LogP contribution in [0.1, 0.15) is 39.9 Å². The number of thiazole rings is 1. The van der Waals surface area contributed by atoms with Crippen LogP contribution in [0.15, 0.2) is 53.1 Å². The van der Waals surface area contributed by atoms with E-state index in [9.17, 15) is 9.90 Å². The highest BCUT2D eigenvalue weighted by atomic mass is 32.1. The van der Waals surface area contributed by atoms with Gasteiger partial charge < -0.3 is 14.4 Å². The molecular formula is C21H22N2O3S. The number of benzene rings is 1. The highest BCUT2D eigenvalue weighted by Gasteiger charge is 2.30. The lowest BCUT2D eigenvalue weighted by molar-refractivity contribution is 0.0459. The Morgan fingerprint density at radius 2 is 1.96 bits per heavy atom. The molecule has 2 aromatic heterocycles. The number of aliphatic hydroxyl groups excluding tert-OH is 1. The van der Waals surface area contributed by atoms with E-state index >= 15 is 0 Å². The fraction of sp³-hybridized carbons (Fsp3) is 0.333. The molecule has 5 nitrogen and oxygen atoms in total. The summed E-state index contributed by atoms with van der Waals surface area (Å²) >= 11 is 1.47. The Hall–Kier alpha value is -2.44. The molecule has 0 saturated carbocycles. The smallest absolute Gasteiger partial charge is 0.273 e. The predicted molar refractivity (Wildman–Crippen MR) is 105 cm³/mol. The number of hydrogen-bond acceptors (Lipinski definition) is 5. The summed E-state index contributed by atoms with van der Waals surface area (Å²) in [4.78, 5) is 20.2. The first-order valence-corrected chi connectivity index (χ1v) is 9.98. The Balaban J connectivity index is 1.42. The van der Waals surface area contributed by atoms with Gasteiger partial charge in [-0.2, -0.15) is 0 Å². The summed E-state index contributed by atoms with van der Waals surface area (Å²) in [6.45, 7) is 3.20. The maximum absolute atomic E-state index is 12.9. The normalized spacial score (nSPS) is 16.4. The van der Waals surface area contributed by atoms with Crippen LogP contribution in [-0.4, -0.2) is 34.0 Å². The number of hydrogen-bond donors (Lipinski definition) is 1. The highest BCUT2D eigenvalue weighted by Crippen LogP contribution is 2.32. The second-order valence-corrected chi connectivity index (χ2v) is 8.09. The van der Waals surface area contributed by atoms with Crippen LogP contribution in [0.5, 0.6) is 0 Å². The van der Waals surface area contributed by atoms with E-state index in [1.165, 1.54) is 11.3 Å². The number of furan rings is 1. The number of piperidine rings is 1. The molecule has 1 aromatic carbocycles. The van der Waals surface area contributed by atoms with Crippen molar-refractivity contribution in [2.75, 3.05) is 13.1 Å². The Morgan fingerprint density at radius 3 is 2.63 bits per heavy atom. The van der Waals surface area contributed by atoms with Gasteiger partial charge in [-0.1, -0.05) is 30.3 Å². The van der Waals surface area contributed by atoms with Gasteiger partial charge in [0.05, 0.1) is 12.4 Å². The average molecular weight is 382 g/mol. The van der Waals surface area contributed by atoms with Gasteiger partial charge in [0, 0.05) is 18.0 Å². The van der Waals surface area contributed by atoms with Crippen molar-refractivity contribution >= 4 is 17.2 Å². The molecule has 0 spiro atoms. The van der Waals surface area contributed by atoms with E-state index in [-0.39, 0.29) is 11.8 Å². The second kappa shape index (κ2) is 7.66. The molecule has 3 aromatic rings. The third-order valence-electron chi connectivity index (χ3n) is 5.15. The van der Waals surface area contributed by atoms with Crippen molar-refractivity contribution in [2.24, 2.45) is 5.92 Å². The number of rotatable bonds is 4. The maximum Gasteiger partial charge on any atom is 0.273 e. The minimum atomic E-state index is -0.477. The number of carbonyl (C=O) groups excluding carboxylic acids is 1. The monoisotopic (exact) mass is 382 g/mol. The second-order valence-electron chi connectivity index (χ2n) is 6.89. The zero-order valence-electron chi connectivity index (χ0n) is 15.2. The minimum absolute atomic E-state index is 0.0331. The van der Waals surface area contributed by atoms with E-state index in [2.05, 4.69) is 4.98 Å². The fourth-order valence-corrected chi connectivity index (χ4v) is 4.46. The minimum Gasteiger partial charge on any atom is -0.462 e. The van der Waals surface area contributed by atoms with E-state index < -0.39 is 6.10 Å². The summed E-state index contributed by atoms with van der Waals surface area (Å²) in [5.41, 5.74) is 1.45. The standard InChI is InChI=1S/C21H22N2O3S/c1-14-18(22-20(27-14)17-8-5-13-26-17)21(25)23-11-9-16(10-12-23)19(24)15-6-3-2-4-7-15/h2-8,13,16,19,24H,9-12H2,1H3. The van der Waals surface area contributed by atoms with Gasteiger partial charge >= 0.3 is 0 Å². The lowest BCUT2D eigenvalue weighted by atomic mass is 9.87. The molecule has 1 aliphatic heterocycles. The van der Waals surface area contributed by atoms with Crippen molar-refractivity contribution < 1.29 is 14.3 Å². The van der Waals surface area contributed by atoms with E-state index in [1.807, 2.05) is 54.3 Å². The van der Waals surface area contributed by atoms with Gasteiger partial charge in [0.25, 0.3) is 5.91 Å². The van der Waals surface area contributed by atoms with Gasteiger partial charge in [-0.25, -0.2) is 4.98 Å². The third-order valence-corrected chi connectivity index (χ3v) is 6.13. The van der Waals surface area contributed by atoms with Crippen LogP contribution in [0, 0.1) is 12.8 Å². The van der Waals surface area contributed by atoms with Crippen LogP contribution in [0.4, 0.5) is 0 Å². The van der Waals surface area contributed by atoms with Crippen LogP contribution >= 0.6 is 11.3 Å². The van der Waals surface area contributed by atoms with Crippen molar-refractivity contribution in [3.05, 3.63) is 64.9 Å². The number of nitrogens with zero attached hydrogens (tertiary/aromatic N) is 2. The lowest BCUT2D eigenvalue weighted by Crippen LogP contribution is -2.40. The molecule has 4 rings (SSSR count). The number of likely N-dealkylation sites (tertiary alicyclic amines) is 1. The molecule has 0 aliphatic carbocycles. The molecule has 1 aliphatic rings. The molecular weight excluding hydrogens is 360 g/mol. The Morgan fingerprint density at radius 1 is 1.22 bits per heavy atom.